The fourth-order valence-electron chi connectivity index (χ4n) is 1.12. The Morgan fingerprint density at radius 3 is 2.64 bits per heavy atom. The molecular formula is C9H9O2. The Balaban J connectivity index is 2.99. The minimum absolute atomic E-state index is 0.0870. The molecule has 1 aliphatic rings. The van der Waals surface area contributed by atoms with Crippen molar-refractivity contribution in [2.24, 2.45) is 5.92 Å². The predicted molar refractivity (Wildman–Crippen MR) is 41.7 cm³/mol. The van der Waals surface area contributed by atoms with Crippen molar-refractivity contribution in [2.75, 3.05) is 0 Å². The maximum Gasteiger partial charge on any atom is 0.233 e. The molecule has 0 aromatic rings. The van der Waals surface area contributed by atoms with E-state index in [2.05, 4.69) is 0 Å². The molecule has 0 saturated carbocycles. The van der Waals surface area contributed by atoms with Gasteiger partial charge in [-0.05, 0) is 18.6 Å². The molecule has 0 N–H and O–H groups in total. The maximum absolute atomic E-state index is 11.1. The van der Waals surface area contributed by atoms with Crippen LogP contribution in [-0.2, 0) is 9.59 Å². The average Bonchev–Trinajstić information content (AvgIpc) is 1.99. The van der Waals surface area contributed by atoms with Gasteiger partial charge in [0.2, 0.25) is 6.29 Å². The number of hydrogen-bond acceptors (Lipinski definition) is 2. The van der Waals surface area contributed by atoms with Crippen LogP contribution in [0.25, 0.3) is 0 Å². The Labute approximate surface area is 65.6 Å². The van der Waals surface area contributed by atoms with Crippen molar-refractivity contribution in [3.05, 3.63) is 23.3 Å². The lowest BCUT2D eigenvalue weighted by Crippen LogP contribution is -2.14. The zero-order valence-electron chi connectivity index (χ0n) is 6.55. The number of rotatable bonds is 1. The van der Waals surface area contributed by atoms with Crippen molar-refractivity contribution in [1.29, 1.82) is 0 Å². The minimum atomic E-state index is -0.170. The van der Waals surface area contributed by atoms with Crippen LogP contribution in [0.15, 0.2) is 23.3 Å². The molecule has 0 bridgehead atoms. The standard InChI is InChI=1S/C9H9O2/c1-6-3-8(5-10)4-7(2)9(6)11/h3-4,6H,1-2H3. The highest BCUT2D eigenvalue weighted by molar-refractivity contribution is 6.01. The molecule has 57 valence electrons. The average molecular weight is 149 g/mol. The summed E-state index contributed by atoms with van der Waals surface area (Å²) in [4.78, 5) is 21.4. The van der Waals surface area contributed by atoms with E-state index in [9.17, 15) is 9.59 Å². The van der Waals surface area contributed by atoms with Crippen LogP contribution in [0.4, 0.5) is 0 Å². The van der Waals surface area contributed by atoms with E-state index in [1.54, 1.807) is 32.3 Å². The van der Waals surface area contributed by atoms with Crippen LogP contribution in [0, 0.1) is 5.92 Å². The Morgan fingerprint density at radius 2 is 2.18 bits per heavy atom. The van der Waals surface area contributed by atoms with Gasteiger partial charge in [0.05, 0.1) is 0 Å². The lowest BCUT2D eigenvalue weighted by Gasteiger charge is -2.10. The van der Waals surface area contributed by atoms with E-state index in [4.69, 9.17) is 0 Å². The zero-order valence-corrected chi connectivity index (χ0v) is 6.55. The lowest BCUT2D eigenvalue weighted by atomic mass is 9.92. The van der Waals surface area contributed by atoms with E-state index in [0.717, 1.165) is 0 Å². The SMILES string of the molecule is CC1=CC([C]=O)=CC(C)C1=O. The van der Waals surface area contributed by atoms with Crippen molar-refractivity contribution in [1.82, 2.24) is 0 Å². The van der Waals surface area contributed by atoms with E-state index in [0.29, 0.717) is 11.1 Å². The van der Waals surface area contributed by atoms with Crippen LogP contribution in [0.5, 0.6) is 0 Å². The summed E-state index contributed by atoms with van der Waals surface area (Å²) in [5, 5.41) is 0. The first-order chi connectivity index (χ1) is 5.15. The van der Waals surface area contributed by atoms with E-state index in [1.807, 2.05) is 0 Å². The third-order valence-electron chi connectivity index (χ3n) is 1.72. The molecule has 0 saturated heterocycles. The van der Waals surface area contributed by atoms with Gasteiger partial charge in [0, 0.05) is 11.5 Å². The van der Waals surface area contributed by atoms with Crippen LogP contribution in [0.3, 0.4) is 0 Å². The van der Waals surface area contributed by atoms with Crippen molar-refractivity contribution in [3.63, 3.8) is 0 Å². The molecule has 1 atom stereocenters. The highest BCUT2D eigenvalue weighted by atomic mass is 16.1. The Kier molecular flexibility index (Phi) is 2.03. The monoisotopic (exact) mass is 149 g/mol. The number of hydrogen-bond donors (Lipinski definition) is 0. The van der Waals surface area contributed by atoms with Gasteiger partial charge in [-0.15, -0.1) is 0 Å². The van der Waals surface area contributed by atoms with Gasteiger partial charge in [0.1, 0.15) is 0 Å². The van der Waals surface area contributed by atoms with Crippen LogP contribution in [0.1, 0.15) is 13.8 Å². The Morgan fingerprint density at radius 1 is 1.55 bits per heavy atom. The lowest BCUT2D eigenvalue weighted by molar-refractivity contribution is -0.117. The number of carbonyl (C=O) groups excluding carboxylic acids is 2. The highest BCUT2D eigenvalue weighted by Gasteiger charge is 2.17. The van der Waals surface area contributed by atoms with Crippen molar-refractivity contribution in [2.45, 2.75) is 13.8 Å². The van der Waals surface area contributed by atoms with Gasteiger partial charge >= 0.3 is 0 Å². The van der Waals surface area contributed by atoms with E-state index < -0.39 is 0 Å². The zero-order chi connectivity index (χ0) is 8.43. The second-order valence-corrected chi connectivity index (χ2v) is 2.70. The van der Waals surface area contributed by atoms with Gasteiger partial charge in [0.25, 0.3) is 0 Å². The molecule has 2 nitrogen and oxygen atoms in total. The summed E-state index contributed by atoms with van der Waals surface area (Å²) in [6.45, 7) is 3.49. The number of ketones is 1. The Bertz CT molecular complexity index is 259. The van der Waals surface area contributed by atoms with Crippen LogP contribution >= 0.6 is 0 Å². The summed E-state index contributed by atoms with van der Waals surface area (Å²) < 4.78 is 0. The summed E-state index contributed by atoms with van der Waals surface area (Å²) in [6, 6.07) is 0. The fourth-order valence-corrected chi connectivity index (χ4v) is 1.12. The molecule has 1 aliphatic carbocycles. The van der Waals surface area contributed by atoms with Gasteiger partial charge in [-0.2, -0.15) is 0 Å². The van der Waals surface area contributed by atoms with Crippen molar-refractivity contribution >= 4 is 12.1 Å². The molecule has 1 rings (SSSR count). The molecule has 1 unspecified atom stereocenters. The molecule has 0 spiro atoms. The van der Waals surface area contributed by atoms with E-state index in [-0.39, 0.29) is 11.7 Å². The number of carbonyl (C=O) groups is 1. The summed E-state index contributed by atoms with van der Waals surface area (Å²) in [6.07, 6.45) is 4.96. The molecule has 0 aliphatic heterocycles. The Hall–Kier alpha value is -1.18. The topological polar surface area (TPSA) is 34.1 Å². The van der Waals surface area contributed by atoms with Gasteiger partial charge in [-0.1, -0.05) is 13.0 Å². The molecule has 1 radical (unpaired) electrons. The minimum Gasteiger partial charge on any atom is -0.294 e. The van der Waals surface area contributed by atoms with Crippen molar-refractivity contribution < 1.29 is 9.59 Å². The molecule has 0 fully saturated rings. The largest absolute Gasteiger partial charge is 0.294 e. The van der Waals surface area contributed by atoms with Crippen LogP contribution < -0.4 is 0 Å². The summed E-state index contributed by atoms with van der Waals surface area (Å²) in [5.74, 6) is -0.0829. The molecule has 0 amide bonds. The summed E-state index contributed by atoms with van der Waals surface area (Å²) in [5.41, 5.74) is 1.12. The summed E-state index contributed by atoms with van der Waals surface area (Å²) in [7, 11) is 0. The van der Waals surface area contributed by atoms with Gasteiger partial charge in [0.15, 0.2) is 5.78 Å². The second kappa shape index (κ2) is 2.82. The highest BCUT2D eigenvalue weighted by Crippen LogP contribution is 2.17. The van der Waals surface area contributed by atoms with Crippen LogP contribution in [-0.4, -0.2) is 12.1 Å². The third kappa shape index (κ3) is 1.45. The number of Topliss-reactive ketones (excluding diaryl/α,β-unsaturated/α-hetero) is 1. The molecule has 2 heteroatoms. The maximum atomic E-state index is 11.1. The molecule has 0 heterocycles. The van der Waals surface area contributed by atoms with Crippen molar-refractivity contribution in [3.8, 4) is 0 Å². The molecule has 11 heavy (non-hydrogen) atoms. The first-order valence-corrected chi connectivity index (χ1v) is 3.47. The van der Waals surface area contributed by atoms with Gasteiger partial charge in [-0.25, -0.2) is 0 Å². The van der Waals surface area contributed by atoms with Gasteiger partial charge in [-0.3, -0.25) is 9.59 Å². The molecular weight excluding hydrogens is 140 g/mol. The third-order valence-corrected chi connectivity index (χ3v) is 1.72. The number of allylic oxidation sites excluding steroid dienone is 4. The first kappa shape index (κ1) is 7.92. The fraction of sp³-hybridized carbons (Fsp3) is 0.333. The van der Waals surface area contributed by atoms with Crippen LogP contribution in [0.2, 0.25) is 0 Å². The molecule has 0 aromatic carbocycles. The second-order valence-electron chi connectivity index (χ2n) is 2.70. The first-order valence-electron chi connectivity index (χ1n) is 3.47. The van der Waals surface area contributed by atoms with Gasteiger partial charge < -0.3 is 0 Å². The smallest absolute Gasteiger partial charge is 0.233 e. The van der Waals surface area contributed by atoms with E-state index in [1.165, 1.54) is 0 Å². The predicted octanol–water partition coefficient (Wildman–Crippen LogP) is 1.19. The normalized spacial score (nSPS) is 24.2. The quantitative estimate of drug-likeness (QED) is 0.561. The summed E-state index contributed by atoms with van der Waals surface area (Å²) >= 11 is 0. The van der Waals surface area contributed by atoms with E-state index >= 15 is 0 Å². The molecule has 0 aromatic heterocycles.